The molecule has 0 fully saturated rings. The monoisotopic (exact) mass is 181 g/mol. The molecule has 0 amide bonds. The van der Waals surface area contributed by atoms with E-state index in [0.29, 0.717) is 5.15 Å². The Morgan fingerprint density at radius 1 is 1.58 bits per heavy atom. The van der Waals surface area contributed by atoms with Crippen LogP contribution < -0.4 is 0 Å². The van der Waals surface area contributed by atoms with Gasteiger partial charge in [0, 0.05) is 5.39 Å². The van der Waals surface area contributed by atoms with Crippen LogP contribution in [0.1, 0.15) is 12.5 Å². The van der Waals surface area contributed by atoms with Crippen LogP contribution in [-0.2, 0) is 6.42 Å². The molecule has 0 atom stereocenters. The van der Waals surface area contributed by atoms with Crippen LogP contribution in [0.4, 0.5) is 0 Å². The number of rotatable bonds is 1. The molecule has 0 unspecified atom stereocenters. The van der Waals surface area contributed by atoms with Crippen LogP contribution >= 0.6 is 11.6 Å². The molecule has 0 bridgehead atoms. The predicted octanol–water partition coefficient (Wildman–Crippen LogP) is 2.17. The molecule has 0 aliphatic rings. The molecule has 1 N–H and O–H groups in total. The van der Waals surface area contributed by atoms with E-state index in [1.807, 2.05) is 6.07 Å². The van der Waals surface area contributed by atoms with Crippen LogP contribution in [-0.4, -0.2) is 15.2 Å². The second kappa shape index (κ2) is 2.75. The van der Waals surface area contributed by atoms with Crippen molar-refractivity contribution in [3.8, 4) is 0 Å². The number of nitrogens with one attached hydrogen (secondary N) is 1. The Balaban J connectivity index is 2.80. The van der Waals surface area contributed by atoms with Gasteiger partial charge < -0.3 is 0 Å². The lowest BCUT2D eigenvalue weighted by Crippen LogP contribution is -1.85. The van der Waals surface area contributed by atoms with Crippen molar-refractivity contribution < 1.29 is 0 Å². The van der Waals surface area contributed by atoms with Gasteiger partial charge in [-0.2, -0.15) is 5.10 Å². The summed E-state index contributed by atoms with van der Waals surface area (Å²) in [5.41, 5.74) is 1.94. The molecule has 0 aromatic carbocycles. The highest BCUT2D eigenvalue weighted by atomic mass is 35.5. The predicted molar refractivity (Wildman–Crippen MR) is 48.3 cm³/mol. The maximum absolute atomic E-state index is 5.80. The summed E-state index contributed by atoms with van der Waals surface area (Å²) in [6, 6.07) is 1.87. The van der Waals surface area contributed by atoms with E-state index in [-0.39, 0.29) is 0 Å². The van der Waals surface area contributed by atoms with Crippen molar-refractivity contribution in [3.05, 3.63) is 23.0 Å². The van der Waals surface area contributed by atoms with Gasteiger partial charge >= 0.3 is 0 Å². The normalized spacial score (nSPS) is 10.8. The van der Waals surface area contributed by atoms with Crippen LogP contribution in [0.25, 0.3) is 11.0 Å². The lowest BCUT2D eigenvalue weighted by molar-refractivity contribution is 1.10. The van der Waals surface area contributed by atoms with E-state index in [1.54, 1.807) is 6.20 Å². The molecule has 3 nitrogen and oxygen atoms in total. The van der Waals surface area contributed by atoms with Crippen molar-refractivity contribution in [2.75, 3.05) is 0 Å². The molecule has 4 heteroatoms. The average Bonchev–Trinajstić information content (AvgIpc) is 2.50. The quantitative estimate of drug-likeness (QED) is 0.686. The Bertz CT molecular complexity index is 408. The highest BCUT2D eigenvalue weighted by Crippen LogP contribution is 2.18. The summed E-state index contributed by atoms with van der Waals surface area (Å²) in [6.45, 7) is 2.08. The second-order valence-corrected chi connectivity index (χ2v) is 2.98. The molecule has 0 saturated carbocycles. The van der Waals surface area contributed by atoms with E-state index in [1.165, 1.54) is 5.56 Å². The Kier molecular flexibility index (Phi) is 1.73. The molecular weight excluding hydrogens is 174 g/mol. The first-order valence-corrected chi connectivity index (χ1v) is 4.17. The summed E-state index contributed by atoms with van der Waals surface area (Å²) in [5, 5.41) is 8.27. The summed E-state index contributed by atoms with van der Waals surface area (Å²) in [6.07, 6.45) is 2.72. The largest absolute Gasteiger partial charge is 0.261 e. The standard InChI is InChI=1S/C8H8ClN3/c1-2-5-3-7(9)11-8-6(5)4-10-12-8/h3-4H,2H2,1H3,(H,10,11,12). The van der Waals surface area contributed by atoms with Gasteiger partial charge in [-0.25, -0.2) is 4.98 Å². The van der Waals surface area contributed by atoms with Crippen molar-refractivity contribution in [2.24, 2.45) is 0 Å². The maximum Gasteiger partial charge on any atom is 0.157 e. The third-order valence-electron chi connectivity index (χ3n) is 1.86. The number of hydrogen-bond donors (Lipinski definition) is 1. The number of halogens is 1. The summed E-state index contributed by atoms with van der Waals surface area (Å²) in [4.78, 5) is 4.09. The molecule has 2 aromatic rings. The van der Waals surface area contributed by atoms with E-state index >= 15 is 0 Å². The number of fused-ring (bicyclic) bond motifs is 1. The zero-order chi connectivity index (χ0) is 8.55. The summed E-state index contributed by atoms with van der Waals surface area (Å²) in [5.74, 6) is 0. The number of nitrogens with zero attached hydrogens (tertiary/aromatic N) is 2. The minimum Gasteiger partial charge on any atom is -0.261 e. The fraction of sp³-hybridized carbons (Fsp3) is 0.250. The molecule has 0 aliphatic heterocycles. The molecule has 62 valence electrons. The third-order valence-corrected chi connectivity index (χ3v) is 2.05. The van der Waals surface area contributed by atoms with Gasteiger partial charge in [0.2, 0.25) is 0 Å². The van der Waals surface area contributed by atoms with E-state index in [9.17, 15) is 0 Å². The van der Waals surface area contributed by atoms with Crippen molar-refractivity contribution in [1.29, 1.82) is 0 Å². The minimum atomic E-state index is 0.517. The van der Waals surface area contributed by atoms with Crippen molar-refractivity contribution in [2.45, 2.75) is 13.3 Å². The topological polar surface area (TPSA) is 41.6 Å². The fourth-order valence-corrected chi connectivity index (χ4v) is 1.47. The SMILES string of the molecule is CCc1cc(Cl)nc2[nH]ncc12. The second-order valence-electron chi connectivity index (χ2n) is 2.59. The van der Waals surface area contributed by atoms with E-state index in [0.717, 1.165) is 17.5 Å². The van der Waals surface area contributed by atoms with Gasteiger partial charge in [-0.05, 0) is 18.1 Å². The van der Waals surface area contributed by atoms with Gasteiger partial charge in [-0.15, -0.1) is 0 Å². The van der Waals surface area contributed by atoms with Gasteiger partial charge in [0.1, 0.15) is 5.15 Å². The summed E-state index contributed by atoms with van der Waals surface area (Å²) >= 11 is 5.80. The smallest absolute Gasteiger partial charge is 0.157 e. The average molecular weight is 182 g/mol. The molecule has 2 heterocycles. The molecular formula is C8H8ClN3. The maximum atomic E-state index is 5.80. The minimum absolute atomic E-state index is 0.517. The molecule has 12 heavy (non-hydrogen) atoms. The van der Waals surface area contributed by atoms with Crippen LogP contribution in [0.3, 0.4) is 0 Å². The lowest BCUT2D eigenvalue weighted by Gasteiger charge is -1.97. The number of hydrogen-bond acceptors (Lipinski definition) is 2. The van der Waals surface area contributed by atoms with E-state index in [2.05, 4.69) is 22.1 Å². The summed E-state index contributed by atoms with van der Waals surface area (Å²) in [7, 11) is 0. The molecule has 2 aromatic heterocycles. The van der Waals surface area contributed by atoms with Crippen LogP contribution in [0.2, 0.25) is 5.15 Å². The molecule has 0 spiro atoms. The van der Waals surface area contributed by atoms with Crippen molar-refractivity contribution in [3.63, 3.8) is 0 Å². The van der Waals surface area contributed by atoms with Crippen LogP contribution in [0.5, 0.6) is 0 Å². The zero-order valence-electron chi connectivity index (χ0n) is 6.63. The van der Waals surface area contributed by atoms with Gasteiger partial charge in [-0.3, -0.25) is 5.10 Å². The Labute approximate surface area is 74.8 Å². The first kappa shape index (κ1) is 7.55. The van der Waals surface area contributed by atoms with Crippen molar-refractivity contribution in [1.82, 2.24) is 15.2 Å². The Morgan fingerprint density at radius 3 is 3.17 bits per heavy atom. The number of aryl methyl sites for hydroxylation is 1. The van der Waals surface area contributed by atoms with Gasteiger partial charge in [0.05, 0.1) is 6.20 Å². The first-order chi connectivity index (χ1) is 5.81. The van der Waals surface area contributed by atoms with Crippen LogP contribution in [0.15, 0.2) is 12.3 Å². The van der Waals surface area contributed by atoms with Crippen LogP contribution in [0, 0.1) is 0 Å². The van der Waals surface area contributed by atoms with Crippen molar-refractivity contribution >= 4 is 22.6 Å². The highest BCUT2D eigenvalue weighted by Gasteiger charge is 2.03. The zero-order valence-corrected chi connectivity index (χ0v) is 7.39. The van der Waals surface area contributed by atoms with Gasteiger partial charge in [0.25, 0.3) is 0 Å². The number of H-pyrrole nitrogens is 1. The molecule has 0 aliphatic carbocycles. The number of pyridine rings is 1. The van der Waals surface area contributed by atoms with E-state index in [4.69, 9.17) is 11.6 Å². The lowest BCUT2D eigenvalue weighted by atomic mass is 10.1. The van der Waals surface area contributed by atoms with E-state index < -0.39 is 0 Å². The number of aromatic nitrogens is 3. The first-order valence-electron chi connectivity index (χ1n) is 3.79. The fourth-order valence-electron chi connectivity index (χ4n) is 1.25. The molecule has 2 rings (SSSR count). The number of aromatic amines is 1. The molecule has 0 radical (unpaired) electrons. The molecule has 0 saturated heterocycles. The van der Waals surface area contributed by atoms with Gasteiger partial charge in [0.15, 0.2) is 5.65 Å². The highest BCUT2D eigenvalue weighted by molar-refractivity contribution is 6.29. The summed E-state index contributed by atoms with van der Waals surface area (Å²) < 4.78 is 0. The van der Waals surface area contributed by atoms with Gasteiger partial charge in [-0.1, -0.05) is 18.5 Å². The third kappa shape index (κ3) is 1.06. The Morgan fingerprint density at radius 2 is 2.42 bits per heavy atom. The Hall–Kier alpha value is -1.09.